The zero-order valence-electron chi connectivity index (χ0n) is 13.6. The molecule has 2 N–H and O–H groups in total. The largest absolute Gasteiger partial charge is 0.469 e. The molecule has 3 rings (SSSR count). The summed E-state index contributed by atoms with van der Waals surface area (Å²) in [6.45, 7) is 0.211. The number of nitrogens with one attached hydrogen (secondary N) is 2. The number of ether oxygens (including phenoxy) is 1. The summed E-state index contributed by atoms with van der Waals surface area (Å²) in [5.41, 5.74) is 1.82. The lowest BCUT2D eigenvalue weighted by atomic mass is 10.1. The van der Waals surface area contributed by atoms with E-state index in [1.807, 2.05) is 0 Å². The van der Waals surface area contributed by atoms with Crippen molar-refractivity contribution in [2.75, 3.05) is 13.7 Å². The van der Waals surface area contributed by atoms with Gasteiger partial charge in [-0.2, -0.15) is 0 Å². The highest BCUT2D eigenvalue weighted by Crippen LogP contribution is 2.30. The number of H-pyrrole nitrogens is 1. The second-order valence-electron chi connectivity index (χ2n) is 6.05. The molecule has 0 aliphatic heterocycles. The van der Waals surface area contributed by atoms with E-state index in [0.717, 1.165) is 31.2 Å². The summed E-state index contributed by atoms with van der Waals surface area (Å²) in [6.07, 6.45) is 4.44. The SMILES string of the molecule is COC(=O)CCNC(=O)c1ccc2c(c1)[nH]c(=O)n2C1CCCC1. The molecular weight excluding hydrogens is 310 g/mol. The normalized spacial score (nSPS) is 14.9. The van der Waals surface area contributed by atoms with Crippen LogP contribution in [0.5, 0.6) is 0 Å². The Labute approximate surface area is 139 Å². The molecule has 1 aromatic carbocycles. The smallest absolute Gasteiger partial charge is 0.326 e. The highest BCUT2D eigenvalue weighted by Gasteiger charge is 2.21. The minimum Gasteiger partial charge on any atom is -0.469 e. The van der Waals surface area contributed by atoms with Gasteiger partial charge in [-0.15, -0.1) is 0 Å². The number of aromatic nitrogens is 2. The van der Waals surface area contributed by atoms with Gasteiger partial charge in [-0.25, -0.2) is 4.79 Å². The van der Waals surface area contributed by atoms with E-state index in [9.17, 15) is 14.4 Å². The summed E-state index contributed by atoms with van der Waals surface area (Å²) in [6, 6.07) is 5.43. The topological polar surface area (TPSA) is 93.2 Å². The van der Waals surface area contributed by atoms with Crippen LogP contribution in [0.3, 0.4) is 0 Å². The van der Waals surface area contributed by atoms with Crippen molar-refractivity contribution in [1.82, 2.24) is 14.9 Å². The minimum absolute atomic E-state index is 0.124. The molecule has 1 heterocycles. The molecule has 1 amide bonds. The quantitative estimate of drug-likeness (QED) is 0.816. The number of hydrogen-bond acceptors (Lipinski definition) is 4. The molecule has 0 saturated heterocycles. The molecular formula is C17H21N3O4. The lowest BCUT2D eigenvalue weighted by molar-refractivity contribution is -0.140. The molecule has 1 fully saturated rings. The highest BCUT2D eigenvalue weighted by molar-refractivity contribution is 5.97. The lowest BCUT2D eigenvalue weighted by Crippen LogP contribution is -2.26. The number of benzene rings is 1. The van der Waals surface area contributed by atoms with Gasteiger partial charge < -0.3 is 15.0 Å². The van der Waals surface area contributed by atoms with E-state index in [1.54, 1.807) is 22.8 Å². The number of methoxy groups -OCH3 is 1. The summed E-state index contributed by atoms with van der Waals surface area (Å²) in [5.74, 6) is -0.654. The monoisotopic (exact) mass is 331 g/mol. The van der Waals surface area contributed by atoms with Gasteiger partial charge in [0.1, 0.15) is 0 Å². The number of amides is 1. The highest BCUT2D eigenvalue weighted by atomic mass is 16.5. The van der Waals surface area contributed by atoms with Crippen LogP contribution >= 0.6 is 0 Å². The van der Waals surface area contributed by atoms with E-state index >= 15 is 0 Å². The van der Waals surface area contributed by atoms with E-state index in [1.165, 1.54) is 7.11 Å². The van der Waals surface area contributed by atoms with Crippen molar-refractivity contribution in [3.63, 3.8) is 0 Å². The number of esters is 1. The van der Waals surface area contributed by atoms with Gasteiger partial charge in [-0.1, -0.05) is 12.8 Å². The van der Waals surface area contributed by atoms with Gasteiger partial charge in [0.15, 0.2) is 0 Å². The van der Waals surface area contributed by atoms with E-state index in [2.05, 4.69) is 15.0 Å². The Kier molecular flexibility index (Phi) is 4.69. The Bertz CT molecular complexity index is 815. The van der Waals surface area contributed by atoms with Crippen molar-refractivity contribution < 1.29 is 14.3 Å². The van der Waals surface area contributed by atoms with Gasteiger partial charge in [0.2, 0.25) is 0 Å². The van der Waals surface area contributed by atoms with Crippen LogP contribution in [0, 0.1) is 0 Å². The standard InChI is InChI=1S/C17H21N3O4/c1-24-15(21)8-9-18-16(22)11-6-7-14-13(10-11)19-17(23)20(14)12-4-2-3-5-12/h6-7,10,12H,2-5,8-9H2,1H3,(H,18,22)(H,19,23). The molecule has 1 saturated carbocycles. The van der Waals surface area contributed by atoms with Crippen molar-refractivity contribution in [2.24, 2.45) is 0 Å². The third kappa shape index (κ3) is 3.20. The van der Waals surface area contributed by atoms with Gasteiger partial charge >= 0.3 is 11.7 Å². The predicted octanol–water partition coefficient (Wildman–Crippen LogP) is 1.74. The fraction of sp³-hybridized carbons (Fsp3) is 0.471. The van der Waals surface area contributed by atoms with Crippen LogP contribution in [0.1, 0.15) is 48.5 Å². The molecule has 1 aromatic heterocycles. The molecule has 1 aliphatic rings. The van der Waals surface area contributed by atoms with E-state index in [4.69, 9.17) is 0 Å². The first-order valence-corrected chi connectivity index (χ1v) is 8.19. The maximum absolute atomic E-state index is 12.2. The first kappa shape index (κ1) is 16.3. The first-order valence-electron chi connectivity index (χ1n) is 8.19. The molecule has 24 heavy (non-hydrogen) atoms. The Balaban J connectivity index is 1.78. The number of fused-ring (bicyclic) bond motifs is 1. The van der Waals surface area contributed by atoms with Crippen molar-refractivity contribution in [3.05, 3.63) is 34.2 Å². The molecule has 0 spiro atoms. The molecule has 0 radical (unpaired) electrons. The Morgan fingerprint density at radius 2 is 2.08 bits per heavy atom. The van der Waals surface area contributed by atoms with Gasteiger partial charge in [-0.05, 0) is 31.0 Å². The second-order valence-corrected chi connectivity index (χ2v) is 6.05. The molecule has 128 valence electrons. The number of imidazole rings is 1. The summed E-state index contributed by atoms with van der Waals surface area (Å²) in [7, 11) is 1.31. The van der Waals surface area contributed by atoms with Crippen LogP contribution in [-0.2, 0) is 9.53 Å². The van der Waals surface area contributed by atoms with Gasteiger partial charge in [0.05, 0.1) is 24.6 Å². The number of aromatic amines is 1. The van der Waals surface area contributed by atoms with E-state index in [-0.39, 0.29) is 36.6 Å². The summed E-state index contributed by atoms with van der Waals surface area (Å²) >= 11 is 0. The van der Waals surface area contributed by atoms with Gasteiger partial charge in [0.25, 0.3) is 5.91 Å². The minimum atomic E-state index is -0.372. The van der Waals surface area contributed by atoms with Crippen molar-refractivity contribution in [3.8, 4) is 0 Å². The molecule has 0 atom stereocenters. The molecule has 0 unspecified atom stereocenters. The molecule has 0 bridgehead atoms. The summed E-state index contributed by atoms with van der Waals surface area (Å²) < 4.78 is 6.33. The van der Waals surface area contributed by atoms with E-state index in [0.29, 0.717) is 11.1 Å². The van der Waals surface area contributed by atoms with Crippen molar-refractivity contribution in [1.29, 1.82) is 0 Å². The van der Waals surface area contributed by atoms with E-state index < -0.39 is 0 Å². The van der Waals surface area contributed by atoms with Crippen LogP contribution in [0.25, 0.3) is 11.0 Å². The number of rotatable bonds is 5. The second kappa shape index (κ2) is 6.90. The Hall–Kier alpha value is -2.57. The van der Waals surface area contributed by atoms with Crippen molar-refractivity contribution in [2.45, 2.75) is 38.1 Å². The predicted molar refractivity (Wildman–Crippen MR) is 89.0 cm³/mol. The maximum atomic E-state index is 12.2. The molecule has 7 heteroatoms. The number of nitrogens with zero attached hydrogens (tertiary/aromatic N) is 1. The molecule has 2 aromatic rings. The van der Waals surface area contributed by atoms with Crippen LogP contribution in [0.15, 0.2) is 23.0 Å². The maximum Gasteiger partial charge on any atom is 0.326 e. The fourth-order valence-corrected chi connectivity index (χ4v) is 3.28. The third-order valence-corrected chi connectivity index (χ3v) is 4.51. The Morgan fingerprint density at radius 1 is 1.33 bits per heavy atom. The average molecular weight is 331 g/mol. The zero-order valence-corrected chi connectivity index (χ0v) is 13.6. The van der Waals surface area contributed by atoms with Gasteiger partial charge in [-0.3, -0.25) is 14.2 Å². The average Bonchev–Trinajstić information content (AvgIpc) is 3.19. The molecule has 1 aliphatic carbocycles. The summed E-state index contributed by atoms with van der Waals surface area (Å²) in [4.78, 5) is 38.3. The Morgan fingerprint density at radius 3 is 2.79 bits per heavy atom. The van der Waals surface area contributed by atoms with Crippen LogP contribution in [0.4, 0.5) is 0 Å². The van der Waals surface area contributed by atoms with Crippen LogP contribution < -0.4 is 11.0 Å². The first-order chi connectivity index (χ1) is 11.6. The zero-order chi connectivity index (χ0) is 17.1. The van der Waals surface area contributed by atoms with Crippen molar-refractivity contribution >= 4 is 22.9 Å². The number of carbonyl (C=O) groups is 2. The third-order valence-electron chi connectivity index (χ3n) is 4.51. The summed E-state index contributed by atoms with van der Waals surface area (Å²) in [5, 5.41) is 2.67. The number of carbonyl (C=O) groups excluding carboxylic acids is 2. The van der Waals surface area contributed by atoms with Gasteiger partial charge in [0, 0.05) is 18.2 Å². The van der Waals surface area contributed by atoms with Crippen LogP contribution in [0.2, 0.25) is 0 Å². The molecule has 7 nitrogen and oxygen atoms in total. The lowest BCUT2D eigenvalue weighted by Gasteiger charge is -2.11. The number of hydrogen-bond donors (Lipinski definition) is 2. The fourth-order valence-electron chi connectivity index (χ4n) is 3.28. The van der Waals surface area contributed by atoms with Crippen LogP contribution in [-0.4, -0.2) is 35.1 Å².